The van der Waals surface area contributed by atoms with Crippen LogP contribution in [0, 0.1) is 5.82 Å². The van der Waals surface area contributed by atoms with Crippen molar-refractivity contribution in [2.24, 2.45) is 0 Å². The van der Waals surface area contributed by atoms with Crippen LogP contribution >= 0.6 is 0 Å². The smallest absolute Gasteiger partial charge is 0.491 e. The molecule has 5 nitrogen and oxygen atoms in total. The summed E-state index contributed by atoms with van der Waals surface area (Å²) in [6.45, 7) is 0.177. The van der Waals surface area contributed by atoms with E-state index in [4.69, 9.17) is 4.74 Å². The lowest BCUT2D eigenvalue weighted by atomic mass is 9.81. The molecular weight excluding hydrogens is 416 g/mol. The lowest BCUT2D eigenvalue weighted by Gasteiger charge is -2.39. The van der Waals surface area contributed by atoms with Gasteiger partial charge in [0.1, 0.15) is 17.0 Å². The van der Waals surface area contributed by atoms with Crippen LogP contribution < -0.4 is 14.8 Å². The zero-order valence-electron chi connectivity index (χ0n) is 15.9. The van der Waals surface area contributed by atoms with Gasteiger partial charge in [-0.2, -0.15) is 0 Å². The minimum absolute atomic E-state index is 0.177. The first-order valence-corrected chi connectivity index (χ1v) is 9.30. The number of pyridine rings is 1. The van der Waals surface area contributed by atoms with Crippen molar-refractivity contribution in [2.75, 3.05) is 6.61 Å². The zero-order chi connectivity index (χ0) is 22.1. The number of fused-ring (bicyclic) bond motifs is 1. The number of halogens is 4. The number of ether oxygens (including phenoxy) is 2. The summed E-state index contributed by atoms with van der Waals surface area (Å²) >= 11 is 0. The number of benzene rings is 2. The molecule has 1 aliphatic heterocycles. The molecule has 1 atom stereocenters. The molecule has 31 heavy (non-hydrogen) atoms. The first-order chi connectivity index (χ1) is 14.8. The highest BCUT2D eigenvalue weighted by Crippen LogP contribution is 2.42. The second kappa shape index (κ2) is 7.90. The molecule has 1 amide bonds. The summed E-state index contributed by atoms with van der Waals surface area (Å²) in [4.78, 5) is 17.3. The van der Waals surface area contributed by atoms with Gasteiger partial charge in [-0.1, -0.05) is 24.3 Å². The van der Waals surface area contributed by atoms with Crippen molar-refractivity contribution in [3.63, 3.8) is 0 Å². The third kappa shape index (κ3) is 4.16. The Labute approximate surface area is 174 Å². The Morgan fingerprint density at radius 3 is 2.58 bits per heavy atom. The molecule has 1 N–H and O–H groups in total. The van der Waals surface area contributed by atoms with Gasteiger partial charge in [0, 0.05) is 18.2 Å². The molecule has 160 valence electrons. The van der Waals surface area contributed by atoms with Crippen molar-refractivity contribution >= 4 is 5.91 Å². The summed E-state index contributed by atoms with van der Waals surface area (Å²) in [7, 11) is 0. The fraction of sp³-hybridized carbons (Fsp3) is 0.182. The van der Waals surface area contributed by atoms with E-state index in [1.54, 1.807) is 42.5 Å². The normalized spacial score (nSPS) is 17.9. The van der Waals surface area contributed by atoms with E-state index >= 15 is 0 Å². The third-order valence-electron chi connectivity index (χ3n) is 4.92. The van der Waals surface area contributed by atoms with E-state index in [-0.39, 0.29) is 18.6 Å². The summed E-state index contributed by atoms with van der Waals surface area (Å²) in [6, 6.07) is 14.7. The Hall–Kier alpha value is -3.62. The Morgan fingerprint density at radius 1 is 1.10 bits per heavy atom. The molecule has 1 aromatic heterocycles. The van der Waals surface area contributed by atoms with Crippen molar-refractivity contribution in [1.82, 2.24) is 10.3 Å². The predicted octanol–water partition coefficient (Wildman–Crippen LogP) is 4.58. The maximum absolute atomic E-state index is 14.6. The van der Waals surface area contributed by atoms with Gasteiger partial charge in [-0.05, 0) is 42.0 Å². The van der Waals surface area contributed by atoms with Crippen LogP contribution in [0.2, 0.25) is 0 Å². The van der Waals surface area contributed by atoms with Crippen molar-refractivity contribution < 1.29 is 31.8 Å². The first-order valence-electron chi connectivity index (χ1n) is 9.30. The summed E-state index contributed by atoms with van der Waals surface area (Å²) in [6.07, 6.45) is -3.35. The van der Waals surface area contributed by atoms with Crippen molar-refractivity contribution in [2.45, 2.75) is 18.3 Å². The standard InChI is InChI=1S/C22H16F4N2O3/c23-16-13-15(8-9-17(16)31-22(24,25)26)21(28-20(29)14-5-2-1-3-6-14)10-12-30-18-7-4-11-27-19(18)21/h1-9,11,13H,10,12H2,(H,28,29)/t21-/m1/s1. The fourth-order valence-electron chi connectivity index (χ4n) is 3.56. The molecule has 2 heterocycles. The number of carbonyl (C=O) groups excluding carboxylic acids is 1. The monoisotopic (exact) mass is 432 g/mol. The van der Waals surface area contributed by atoms with Crippen LogP contribution in [0.4, 0.5) is 17.6 Å². The van der Waals surface area contributed by atoms with E-state index in [1.165, 1.54) is 12.3 Å². The van der Waals surface area contributed by atoms with Crippen molar-refractivity contribution in [3.8, 4) is 11.5 Å². The Kier molecular flexibility index (Phi) is 5.26. The highest BCUT2D eigenvalue weighted by molar-refractivity contribution is 5.95. The number of nitrogens with zero attached hydrogens (tertiary/aromatic N) is 1. The number of hydrogen-bond donors (Lipinski definition) is 1. The average Bonchev–Trinajstić information content (AvgIpc) is 2.75. The lowest BCUT2D eigenvalue weighted by Crippen LogP contribution is -2.50. The molecular formula is C22H16F4N2O3. The van der Waals surface area contributed by atoms with Crippen molar-refractivity contribution in [3.05, 3.63) is 89.5 Å². The van der Waals surface area contributed by atoms with Crippen molar-refractivity contribution in [1.29, 1.82) is 0 Å². The van der Waals surface area contributed by atoms with Gasteiger partial charge >= 0.3 is 6.36 Å². The van der Waals surface area contributed by atoms with Gasteiger partial charge in [-0.15, -0.1) is 13.2 Å². The molecule has 0 unspecified atom stereocenters. The number of amides is 1. The second-order valence-corrected chi connectivity index (χ2v) is 6.87. The van der Waals surface area contributed by atoms with Gasteiger partial charge in [0.2, 0.25) is 0 Å². The summed E-state index contributed by atoms with van der Waals surface area (Å²) in [5, 5.41) is 2.90. The highest BCUT2D eigenvalue weighted by Gasteiger charge is 2.43. The van der Waals surface area contributed by atoms with Gasteiger partial charge in [-0.25, -0.2) is 4.39 Å². The molecule has 3 aromatic rings. The number of rotatable bonds is 4. The summed E-state index contributed by atoms with van der Waals surface area (Å²) < 4.78 is 61.5. The number of alkyl halides is 3. The lowest BCUT2D eigenvalue weighted by molar-refractivity contribution is -0.275. The molecule has 9 heteroatoms. The van der Waals surface area contributed by atoms with Gasteiger partial charge in [0.05, 0.1) is 6.61 Å². The second-order valence-electron chi connectivity index (χ2n) is 6.87. The molecule has 0 saturated carbocycles. The van der Waals surface area contributed by atoms with Crippen LogP contribution in [0.15, 0.2) is 66.9 Å². The SMILES string of the molecule is O=C(N[C@@]1(c2ccc(OC(F)(F)F)c(F)c2)CCOc2cccnc21)c1ccccc1. The van der Waals surface area contributed by atoms with Gasteiger partial charge in [0.25, 0.3) is 5.91 Å². The topological polar surface area (TPSA) is 60.5 Å². The van der Waals surface area contributed by atoms with Gasteiger partial charge < -0.3 is 14.8 Å². The minimum atomic E-state index is -5.03. The third-order valence-corrected chi connectivity index (χ3v) is 4.92. The van der Waals surface area contributed by atoms with Gasteiger partial charge in [-0.3, -0.25) is 9.78 Å². The predicted molar refractivity (Wildman–Crippen MR) is 102 cm³/mol. The van der Waals surface area contributed by atoms with Crippen LogP contribution in [0.3, 0.4) is 0 Å². The summed E-state index contributed by atoms with van der Waals surface area (Å²) in [5.74, 6) is -2.24. The maximum atomic E-state index is 14.6. The number of aromatic nitrogens is 1. The van der Waals surface area contributed by atoms with Crippen LogP contribution in [0.1, 0.15) is 28.0 Å². The quantitative estimate of drug-likeness (QED) is 0.614. The molecule has 0 bridgehead atoms. The van der Waals surface area contributed by atoms with E-state index in [1.807, 2.05) is 0 Å². The largest absolute Gasteiger partial charge is 0.573 e. The van der Waals surface area contributed by atoms with Crippen LogP contribution in [0.25, 0.3) is 0 Å². The number of carbonyl (C=O) groups is 1. The van der Waals surface area contributed by atoms with Gasteiger partial charge in [0.15, 0.2) is 11.6 Å². The zero-order valence-corrected chi connectivity index (χ0v) is 15.9. The molecule has 0 aliphatic carbocycles. The molecule has 0 fully saturated rings. The number of nitrogens with one attached hydrogen (secondary N) is 1. The minimum Gasteiger partial charge on any atom is -0.491 e. The van der Waals surface area contributed by atoms with E-state index in [2.05, 4.69) is 15.0 Å². The van der Waals surface area contributed by atoms with E-state index in [0.29, 0.717) is 17.0 Å². The molecule has 0 spiro atoms. The Morgan fingerprint density at radius 2 is 1.87 bits per heavy atom. The van der Waals surface area contributed by atoms with E-state index < -0.39 is 29.4 Å². The fourth-order valence-corrected chi connectivity index (χ4v) is 3.56. The van der Waals surface area contributed by atoms with Crippen LogP contribution in [-0.4, -0.2) is 23.9 Å². The average molecular weight is 432 g/mol. The van der Waals surface area contributed by atoms with E-state index in [9.17, 15) is 22.4 Å². The Balaban J connectivity index is 1.81. The van der Waals surface area contributed by atoms with Crippen LogP contribution in [-0.2, 0) is 5.54 Å². The molecule has 0 saturated heterocycles. The summed E-state index contributed by atoms with van der Waals surface area (Å²) in [5.41, 5.74) is -0.413. The maximum Gasteiger partial charge on any atom is 0.573 e. The first kappa shape index (κ1) is 20.6. The number of hydrogen-bond acceptors (Lipinski definition) is 4. The molecule has 0 radical (unpaired) electrons. The molecule has 1 aliphatic rings. The molecule has 2 aromatic carbocycles. The van der Waals surface area contributed by atoms with E-state index in [0.717, 1.165) is 12.1 Å². The highest BCUT2D eigenvalue weighted by atomic mass is 19.4. The van der Waals surface area contributed by atoms with Crippen LogP contribution in [0.5, 0.6) is 11.5 Å². The Bertz CT molecular complexity index is 1110. The molecule has 4 rings (SSSR count).